The van der Waals surface area contributed by atoms with Crippen LogP contribution in [0.25, 0.3) is 0 Å². The molecule has 13 heavy (non-hydrogen) atoms. The van der Waals surface area contributed by atoms with Gasteiger partial charge in [0.1, 0.15) is 0 Å². The fourth-order valence-corrected chi connectivity index (χ4v) is 3.43. The lowest BCUT2D eigenvalue weighted by Crippen LogP contribution is -2.53. The van der Waals surface area contributed by atoms with Crippen molar-refractivity contribution in [1.29, 1.82) is 0 Å². The van der Waals surface area contributed by atoms with Crippen LogP contribution in [0.2, 0.25) is 0 Å². The van der Waals surface area contributed by atoms with Gasteiger partial charge >= 0.3 is 0 Å². The molecule has 0 spiro atoms. The first-order chi connectivity index (χ1) is 6.36. The topological polar surface area (TPSA) is 15.3 Å². The van der Waals surface area contributed by atoms with Crippen molar-refractivity contribution >= 4 is 11.8 Å². The Hall–Kier alpha value is 0.270. The smallest absolute Gasteiger partial charge is 0.0167 e. The molecule has 76 valence electrons. The van der Waals surface area contributed by atoms with Crippen LogP contribution in [-0.2, 0) is 0 Å². The second-order valence-corrected chi connectivity index (χ2v) is 5.42. The first-order valence-electron chi connectivity index (χ1n) is 5.41. The fraction of sp³-hybridized carbons (Fsp3) is 1.00. The van der Waals surface area contributed by atoms with Crippen molar-refractivity contribution in [3.05, 3.63) is 0 Å². The normalized spacial score (nSPS) is 33.5. The van der Waals surface area contributed by atoms with Gasteiger partial charge in [-0.1, -0.05) is 0 Å². The molecule has 0 aromatic rings. The van der Waals surface area contributed by atoms with E-state index < -0.39 is 0 Å². The summed E-state index contributed by atoms with van der Waals surface area (Å²) in [6.45, 7) is 6.00. The molecule has 2 aliphatic rings. The van der Waals surface area contributed by atoms with Gasteiger partial charge in [-0.05, 0) is 31.3 Å². The monoisotopic (exact) mass is 200 g/mol. The molecule has 0 radical (unpaired) electrons. The second-order valence-electron chi connectivity index (χ2n) is 4.19. The Morgan fingerprint density at radius 2 is 2.08 bits per heavy atom. The third-order valence-corrected chi connectivity index (χ3v) is 4.16. The molecule has 1 unspecified atom stereocenters. The van der Waals surface area contributed by atoms with Crippen LogP contribution in [0.3, 0.4) is 0 Å². The lowest BCUT2D eigenvalue weighted by atomic mass is 10.1. The molecule has 2 nitrogen and oxygen atoms in total. The number of hydrogen-bond donors (Lipinski definition) is 1. The highest BCUT2D eigenvalue weighted by Crippen LogP contribution is 2.22. The van der Waals surface area contributed by atoms with Gasteiger partial charge in [-0.15, -0.1) is 0 Å². The standard InChI is InChI=1S/C10H20N2S/c1-9-8-12(5-4-11-9)10-2-6-13-7-3-10/h9-11H,2-8H2,1H3. The zero-order valence-electron chi connectivity index (χ0n) is 8.46. The summed E-state index contributed by atoms with van der Waals surface area (Å²) in [5, 5.41) is 3.50. The lowest BCUT2D eigenvalue weighted by molar-refractivity contribution is 0.141. The number of nitrogens with one attached hydrogen (secondary N) is 1. The highest BCUT2D eigenvalue weighted by Gasteiger charge is 2.24. The number of thioether (sulfide) groups is 1. The molecular weight excluding hydrogens is 180 g/mol. The first-order valence-corrected chi connectivity index (χ1v) is 6.57. The minimum Gasteiger partial charge on any atom is -0.312 e. The molecule has 1 N–H and O–H groups in total. The molecule has 2 aliphatic heterocycles. The van der Waals surface area contributed by atoms with Crippen molar-refractivity contribution < 1.29 is 0 Å². The van der Waals surface area contributed by atoms with E-state index in [1.54, 1.807) is 0 Å². The summed E-state index contributed by atoms with van der Waals surface area (Å²) >= 11 is 2.12. The van der Waals surface area contributed by atoms with Gasteiger partial charge in [-0.3, -0.25) is 4.90 Å². The van der Waals surface area contributed by atoms with Gasteiger partial charge in [0.05, 0.1) is 0 Å². The zero-order chi connectivity index (χ0) is 9.10. The summed E-state index contributed by atoms with van der Waals surface area (Å²) in [5.74, 6) is 2.76. The van der Waals surface area contributed by atoms with Gasteiger partial charge in [0.2, 0.25) is 0 Å². The van der Waals surface area contributed by atoms with Crippen molar-refractivity contribution in [2.75, 3.05) is 31.1 Å². The molecule has 0 aromatic carbocycles. The van der Waals surface area contributed by atoms with Crippen LogP contribution in [0.15, 0.2) is 0 Å². The maximum Gasteiger partial charge on any atom is 0.0167 e. The number of rotatable bonds is 1. The molecule has 3 heteroatoms. The van der Waals surface area contributed by atoms with Crippen LogP contribution in [0.5, 0.6) is 0 Å². The van der Waals surface area contributed by atoms with Crippen LogP contribution in [0.1, 0.15) is 19.8 Å². The Labute approximate surface area is 85.4 Å². The van der Waals surface area contributed by atoms with Gasteiger partial charge < -0.3 is 5.32 Å². The van der Waals surface area contributed by atoms with E-state index in [1.807, 2.05) is 0 Å². The maximum atomic E-state index is 3.50. The van der Waals surface area contributed by atoms with Gasteiger partial charge in [-0.25, -0.2) is 0 Å². The van der Waals surface area contributed by atoms with Crippen LogP contribution >= 0.6 is 11.8 Å². The molecule has 2 rings (SSSR count). The molecule has 0 amide bonds. The third kappa shape index (κ3) is 2.61. The Bertz CT molecular complexity index is 157. The molecule has 0 aliphatic carbocycles. The second kappa shape index (κ2) is 4.67. The van der Waals surface area contributed by atoms with E-state index in [9.17, 15) is 0 Å². The van der Waals surface area contributed by atoms with Crippen molar-refractivity contribution in [2.24, 2.45) is 0 Å². The zero-order valence-corrected chi connectivity index (χ0v) is 9.28. The Balaban J connectivity index is 1.83. The largest absolute Gasteiger partial charge is 0.312 e. The molecule has 0 bridgehead atoms. The summed E-state index contributed by atoms with van der Waals surface area (Å²) in [5.41, 5.74) is 0. The summed E-state index contributed by atoms with van der Waals surface area (Å²) in [4.78, 5) is 2.70. The van der Waals surface area contributed by atoms with Crippen LogP contribution in [-0.4, -0.2) is 48.1 Å². The van der Waals surface area contributed by atoms with E-state index in [0.717, 1.165) is 6.04 Å². The predicted molar refractivity (Wildman–Crippen MR) is 59.4 cm³/mol. The molecule has 2 heterocycles. The van der Waals surface area contributed by atoms with Crippen molar-refractivity contribution in [3.8, 4) is 0 Å². The molecule has 0 aromatic heterocycles. The van der Waals surface area contributed by atoms with Gasteiger partial charge in [0.25, 0.3) is 0 Å². The van der Waals surface area contributed by atoms with Crippen LogP contribution in [0.4, 0.5) is 0 Å². The van der Waals surface area contributed by atoms with E-state index in [2.05, 4.69) is 28.9 Å². The molecule has 2 saturated heterocycles. The third-order valence-electron chi connectivity index (χ3n) is 3.11. The first kappa shape index (κ1) is 9.81. The van der Waals surface area contributed by atoms with Crippen LogP contribution in [0, 0.1) is 0 Å². The summed E-state index contributed by atoms with van der Waals surface area (Å²) in [6.07, 6.45) is 2.83. The Morgan fingerprint density at radius 3 is 2.77 bits per heavy atom. The van der Waals surface area contributed by atoms with E-state index in [0.29, 0.717) is 6.04 Å². The van der Waals surface area contributed by atoms with E-state index in [1.165, 1.54) is 44.0 Å². The average molecular weight is 200 g/mol. The minimum absolute atomic E-state index is 0.698. The van der Waals surface area contributed by atoms with Gasteiger partial charge in [0.15, 0.2) is 0 Å². The molecular formula is C10H20N2S. The number of piperazine rings is 1. The highest BCUT2D eigenvalue weighted by molar-refractivity contribution is 7.99. The summed E-state index contributed by atoms with van der Waals surface area (Å²) in [6, 6.07) is 1.59. The average Bonchev–Trinajstić information content (AvgIpc) is 2.19. The van der Waals surface area contributed by atoms with E-state index in [4.69, 9.17) is 0 Å². The molecule has 2 fully saturated rings. The van der Waals surface area contributed by atoms with Gasteiger partial charge in [-0.2, -0.15) is 11.8 Å². The Kier molecular flexibility index (Phi) is 3.52. The summed E-state index contributed by atoms with van der Waals surface area (Å²) < 4.78 is 0. The maximum absolute atomic E-state index is 3.50. The fourth-order valence-electron chi connectivity index (χ4n) is 2.34. The SMILES string of the molecule is CC1CN(C2CCSCC2)CCN1. The predicted octanol–water partition coefficient (Wildman–Crippen LogP) is 1.18. The number of nitrogens with zero attached hydrogens (tertiary/aromatic N) is 1. The van der Waals surface area contributed by atoms with E-state index >= 15 is 0 Å². The Morgan fingerprint density at radius 1 is 1.31 bits per heavy atom. The van der Waals surface area contributed by atoms with Gasteiger partial charge in [0, 0.05) is 31.7 Å². The minimum atomic E-state index is 0.698. The van der Waals surface area contributed by atoms with Crippen molar-refractivity contribution in [3.63, 3.8) is 0 Å². The quantitative estimate of drug-likeness (QED) is 0.684. The molecule has 1 atom stereocenters. The number of hydrogen-bond acceptors (Lipinski definition) is 3. The van der Waals surface area contributed by atoms with E-state index in [-0.39, 0.29) is 0 Å². The van der Waals surface area contributed by atoms with Crippen LogP contribution < -0.4 is 5.32 Å². The lowest BCUT2D eigenvalue weighted by Gasteiger charge is -2.39. The summed E-state index contributed by atoms with van der Waals surface area (Å²) in [7, 11) is 0. The van der Waals surface area contributed by atoms with Crippen molar-refractivity contribution in [1.82, 2.24) is 10.2 Å². The molecule has 0 saturated carbocycles. The van der Waals surface area contributed by atoms with Crippen molar-refractivity contribution in [2.45, 2.75) is 31.8 Å². The highest BCUT2D eigenvalue weighted by atomic mass is 32.2.